The van der Waals surface area contributed by atoms with Crippen LogP contribution >= 0.6 is 0 Å². The van der Waals surface area contributed by atoms with Crippen LogP contribution < -0.4 is 15.4 Å². The van der Waals surface area contributed by atoms with Crippen LogP contribution in [0, 0.1) is 13.8 Å². The largest absolute Gasteiger partial charge is 0.496 e. The van der Waals surface area contributed by atoms with Gasteiger partial charge in [-0.1, -0.05) is 6.07 Å². The summed E-state index contributed by atoms with van der Waals surface area (Å²) in [5, 5.41) is 7.00. The smallest absolute Gasteiger partial charge is 0.260 e. The van der Waals surface area contributed by atoms with Crippen molar-refractivity contribution in [3.8, 4) is 5.75 Å². The van der Waals surface area contributed by atoms with Crippen LogP contribution in [0.5, 0.6) is 5.75 Å². The standard InChI is InChI=1S/C20H22N4O3/c1-11-13(6-5-7-14(11)26-4)23-18(25)15-12(2)27-19-16(15)17(21-10-22-19)24-20(3)8-9-20/h5-7,10H,8-9H2,1-4H3,(H,23,25)(H,21,22,24). The maximum atomic E-state index is 13.1. The number of rotatable bonds is 5. The fourth-order valence-electron chi connectivity index (χ4n) is 3.17. The van der Waals surface area contributed by atoms with E-state index in [2.05, 4.69) is 27.5 Å². The lowest BCUT2D eigenvalue weighted by molar-refractivity contribution is 0.102. The molecule has 1 aliphatic rings. The van der Waals surface area contributed by atoms with Crippen molar-refractivity contribution in [2.24, 2.45) is 0 Å². The molecule has 0 aliphatic heterocycles. The summed E-state index contributed by atoms with van der Waals surface area (Å²) in [5.74, 6) is 1.59. The average molecular weight is 366 g/mol. The molecule has 0 saturated heterocycles. The monoisotopic (exact) mass is 366 g/mol. The molecule has 7 heteroatoms. The molecule has 2 heterocycles. The van der Waals surface area contributed by atoms with Gasteiger partial charge in [-0.25, -0.2) is 9.97 Å². The van der Waals surface area contributed by atoms with Crippen LogP contribution in [0.1, 0.15) is 41.4 Å². The summed E-state index contributed by atoms with van der Waals surface area (Å²) in [6.07, 6.45) is 3.59. The number of aryl methyl sites for hydroxylation is 1. The second kappa shape index (κ2) is 6.26. The molecule has 0 spiro atoms. The Morgan fingerprint density at radius 3 is 2.74 bits per heavy atom. The Bertz CT molecular complexity index is 1040. The topological polar surface area (TPSA) is 89.3 Å². The molecule has 3 aromatic rings. The lowest BCUT2D eigenvalue weighted by atomic mass is 10.1. The van der Waals surface area contributed by atoms with E-state index in [1.165, 1.54) is 6.33 Å². The number of nitrogens with one attached hydrogen (secondary N) is 2. The van der Waals surface area contributed by atoms with Gasteiger partial charge in [0, 0.05) is 16.8 Å². The predicted octanol–water partition coefficient (Wildman–Crippen LogP) is 4.06. The van der Waals surface area contributed by atoms with Crippen molar-refractivity contribution < 1.29 is 13.9 Å². The molecule has 1 aromatic carbocycles. The maximum Gasteiger partial charge on any atom is 0.260 e. The summed E-state index contributed by atoms with van der Waals surface area (Å²) in [4.78, 5) is 21.6. The highest BCUT2D eigenvalue weighted by atomic mass is 16.5. The number of aromatic nitrogens is 2. The number of hydrogen-bond donors (Lipinski definition) is 2. The number of nitrogens with zero attached hydrogens (tertiary/aromatic N) is 2. The van der Waals surface area contributed by atoms with Crippen molar-refractivity contribution in [3.05, 3.63) is 41.4 Å². The minimum atomic E-state index is -0.263. The van der Waals surface area contributed by atoms with Gasteiger partial charge in [0.1, 0.15) is 23.7 Å². The van der Waals surface area contributed by atoms with E-state index in [4.69, 9.17) is 9.15 Å². The zero-order valence-electron chi connectivity index (χ0n) is 15.8. The highest BCUT2D eigenvalue weighted by Gasteiger charge is 2.38. The van der Waals surface area contributed by atoms with Crippen LogP contribution in [0.25, 0.3) is 11.1 Å². The van der Waals surface area contributed by atoms with Gasteiger partial charge >= 0.3 is 0 Å². The first kappa shape index (κ1) is 17.3. The van der Waals surface area contributed by atoms with Crippen molar-refractivity contribution in [1.82, 2.24) is 9.97 Å². The maximum absolute atomic E-state index is 13.1. The summed E-state index contributed by atoms with van der Waals surface area (Å²) in [6.45, 7) is 5.80. The molecule has 140 valence electrons. The van der Waals surface area contributed by atoms with Gasteiger partial charge in [0.2, 0.25) is 5.71 Å². The molecule has 0 unspecified atom stereocenters. The first-order chi connectivity index (χ1) is 12.9. The van der Waals surface area contributed by atoms with E-state index in [9.17, 15) is 4.79 Å². The fraction of sp³-hybridized carbons (Fsp3) is 0.350. The fourth-order valence-corrected chi connectivity index (χ4v) is 3.17. The molecule has 2 N–H and O–H groups in total. The Morgan fingerprint density at radius 1 is 1.26 bits per heavy atom. The summed E-state index contributed by atoms with van der Waals surface area (Å²) < 4.78 is 11.1. The number of fused-ring (bicyclic) bond motifs is 1. The van der Waals surface area contributed by atoms with Gasteiger partial charge in [0.25, 0.3) is 5.91 Å². The molecule has 0 radical (unpaired) electrons. The second-order valence-corrected chi connectivity index (χ2v) is 7.21. The number of benzene rings is 1. The Morgan fingerprint density at radius 2 is 2.04 bits per heavy atom. The molecule has 1 saturated carbocycles. The third kappa shape index (κ3) is 3.09. The highest BCUT2D eigenvalue weighted by Crippen LogP contribution is 2.40. The summed E-state index contributed by atoms with van der Waals surface area (Å²) in [6, 6.07) is 5.54. The van der Waals surface area contributed by atoms with E-state index in [0.29, 0.717) is 39.7 Å². The Kier molecular flexibility index (Phi) is 4.02. The second-order valence-electron chi connectivity index (χ2n) is 7.21. The van der Waals surface area contributed by atoms with E-state index in [-0.39, 0.29) is 11.4 Å². The van der Waals surface area contributed by atoms with E-state index in [1.807, 2.05) is 25.1 Å². The molecular weight excluding hydrogens is 344 g/mol. The lowest BCUT2D eigenvalue weighted by Crippen LogP contribution is -2.19. The Hall–Kier alpha value is -3.09. The van der Waals surface area contributed by atoms with Gasteiger partial charge in [-0.2, -0.15) is 0 Å². The molecule has 4 rings (SSSR count). The van der Waals surface area contributed by atoms with Crippen LogP contribution in [-0.2, 0) is 0 Å². The van der Waals surface area contributed by atoms with Gasteiger partial charge in [-0.05, 0) is 45.7 Å². The summed E-state index contributed by atoms with van der Waals surface area (Å²) in [7, 11) is 1.61. The highest BCUT2D eigenvalue weighted by molar-refractivity contribution is 6.15. The molecule has 1 aliphatic carbocycles. The average Bonchev–Trinajstić information content (AvgIpc) is 3.25. The number of carbonyl (C=O) groups is 1. The first-order valence-electron chi connectivity index (χ1n) is 8.89. The van der Waals surface area contributed by atoms with Gasteiger partial charge in [0.05, 0.1) is 18.1 Å². The summed E-state index contributed by atoms with van der Waals surface area (Å²) >= 11 is 0. The van der Waals surface area contributed by atoms with E-state index in [1.54, 1.807) is 14.0 Å². The van der Waals surface area contributed by atoms with Crippen LogP contribution in [0.3, 0.4) is 0 Å². The van der Waals surface area contributed by atoms with E-state index < -0.39 is 0 Å². The number of hydrogen-bond acceptors (Lipinski definition) is 6. The SMILES string of the molecule is COc1cccc(NC(=O)c2c(C)oc3ncnc(NC4(C)CC4)c23)c1C. The third-order valence-electron chi connectivity index (χ3n) is 5.06. The quantitative estimate of drug-likeness (QED) is 0.708. The number of anilines is 2. The van der Waals surface area contributed by atoms with Crippen LogP contribution in [0.4, 0.5) is 11.5 Å². The van der Waals surface area contributed by atoms with Gasteiger partial charge in [-0.15, -0.1) is 0 Å². The third-order valence-corrected chi connectivity index (χ3v) is 5.06. The molecule has 0 atom stereocenters. The van der Waals surface area contributed by atoms with E-state index >= 15 is 0 Å². The number of ether oxygens (including phenoxy) is 1. The van der Waals surface area contributed by atoms with Crippen molar-refractivity contribution in [1.29, 1.82) is 0 Å². The van der Waals surface area contributed by atoms with Gasteiger partial charge in [-0.3, -0.25) is 4.79 Å². The van der Waals surface area contributed by atoms with Crippen molar-refractivity contribution >= 4 is 28.5 Å². The molecular formula is C20H22N4O3. The van der Waals surface area contributed by atoms with Gasteiger partial charge in [0.15, 0.2) is 0 Å². The normalized spacial score (nSPS) is 14.8. The molecule has 1 fully saturated rings. The predicted molar refractivity (Wildman–Crippen MR) is 103 cm³/mol. The molecule has 27 heavy (non-hydrogen) atoms. The van der Waals surface area contributed by atoms with Crippen LogP contribution in [0.2, 0.25) is 0 Å². The minimum absolute atomic E-state index is 0.0174. The number of methoxy groups -OCH3 is 1. The Balaban J connectivity index is 1.75. The van der Waals surface area contributed by atoms with Gasteiger partial charge < -0.3 is 19.8 Å². The van der Waals surface area contributed by atoms with Crippen LogP contribution in [0.15, 0.2) is 28.9 Å². The molecule has 2 aromatic heterocycles. The Labute approximate surface area is 157 Å². The van der Waals surface area contributed by atoms with Crippen molar-refractivity contribution in [3.63, 3.8) is 0 Å². The van der Waals surface area contributed by atoms with Crippen molar-refractivity contribution in [2.45, 2.75) is 39.2 Å². The van der Waals surface area contributed by atoms with E-state index in [0.717, 1.165) is 18.4 Å². The molecule has 1 amide bonds. The zero-order valence-corrected chi connectivity index (χ0v) is 15.8. The lowest BCUT2D eigenvalue weighted by Gasteiger charge is -2.14. The molecule has 7 nitrogen and oxygen atoms in total. The van der Waals surface area contributed by atoms with Crippen molar-refractivity contribution in [2.75, 3.05) is 17.7 Å². The number of amides is 1. The number of furan rings is 1. The van der Waals surface area contributed by atoms with Crippen LogP contribution in [-0.4, -0.2) is 28.5 Å². The number of carbonyl (C=O) groups excluding carboxylic acids is 1. The first-order valence-corrected chi connectivity index (χ1v) is 8.89. The molecule has 0 bridgehead atoms. The minimum Gasteiger partial charge on any atom is -0.496 e. The summed E-state index contributed by atoms with van der Waals surface area (Å²) in [5.41, 5.74) is 2.41. The zero-order chi connectivity index (χ0) is 19.2.